The van der Waals surface area contributed by atoms with Crippen molar-refractivity contribution < 1.29 is 4.79 Å². The Morgan fingerprint density at radius 3 is 2.64 bits per heavy atom. The summed E-state index contributed by atoms with van der Waals surface area (Å²) in [5.74, 6) is 0.275. The Kier molecular flexibility index (Phi) is 7.63. The minimum Gasteiger partial charge on any atom is -0.354 e. The zero-order chi connectivity index (χ0) is 18.1. The Hall–Kier alpha value is -2.18. The van der Waals surface area contributed by atoms with Crippen molar-refractivity contribution in [2.45, 2.75) is 12.8 Å². The molecule has 0 unspecified atom stereocenters. The van der Waals surface area contributed by atoms with E-state index in [0.717, 1.165) is 31.5 Å². The smallest absolute Gasteiger partial charge is 0.270 e. The molecule has 0 atom stereocenters. The van der Waals surface area contributed by atoms with Gasteiger partial charge < -0.3 is 15.5 Å². The van der Waals surface area contributed by atoms with Gasteiger partial charge in [-0.1, -0.05) is 23.7 Å². The molecule has 0 saturated carbocycles. The van der Waals surface area contributed by atoms with E-state index in [0.29, 0.717) is 23.2 Å². The number of rotatable bonds is 9. The van der Waals surface area contributed by atoms with Gasteiger partial charge in [-0.05, 0) is 57.2 Å². The molecular formula is C18H24ClN5O. The third-order valence-corrected chi connectivity index (χ3v) is 3.82. The predicted octanol–water partition coefficient (Wildman–Crippen LogP) is 2.47. The van der Waals surface area contributed by atoms with Gasteiger partial charge in [0.2, 0.25) is 5.95 Å². The Balaban J connectivity index is 1.78. The van der Waals surface area contributed by atoms with E-state index >= 15 is 0 Å². The number of nitrogens with zero attached hydrogens (tertiary/aromatic N) is 3. The minimum atomic E-state index is -0.201. The molecule has 1 aromatic carbocycles. The van der Waals surface area contributed by atoms with Crippen LogP contribution in [0.1, 0.15) is 22.5 Å². The number of carbonyl (C=O) groups excluding carboxylic acids is 1. The summed E-state index contributed by atoms with van der Waals surface area (Å²) in [6, 6.07) is 9.21. The maximum atomic E-state index is 12.2. The lowest BCUT2D eigenvalue weighted by Gasteiger charge is -2.10. The van der Waals surface area contributed by atoms with Gasteiger partial charge in [0.1, 0.15) is 5.69 Å². The second kappa shape index (κ2) is 9.96. The molecule has 0 aliphatic carbocycles. The first-order valence-corrected chi connectivity index (χ1v) is 8.66. The summed E-state index contributed by atoms with van der Waals surface area (Å²) in [4.78, 5) is 22.7. The van der Waals surface area contributed by atoms with Gasteiger partial charge in [0.15, 0.2) is 0 Å². The molecule has 2 aromatic rings. The third kappa shape index (κ3) is 7.07. The lowest BCUT2D eigenvalue weighted by atomic mass is 10.1. The highest BCUT2D eigenvalue weighted by atomic mass is 35.5. The number of hydrogen-bond donors (Lipinski definition) is 2. The highest BCUT2D eigenvalue weighted by Crippen LogP contribution is 2.09. The van der Waals surface area contributed by atoms with E-state index < -0.39 is 0 Å². The molecule has 0 spiro atoms. The first-order valence-electron chi connectivity index (χ1n) is 8.29. The van der Waals surface area contributed by atoms with E-state index in [4.69, 9.17) is 11.6 Å². The van der Waals surface area contributed by atoms with Crippen LogP contribution in [0, 0.1) is 0 Å². The average Bonchev–Trinajstić information content (AvgIpc) is 2.60. The topological polar surface area (TPSA) is 70.2 Å². The van der Waals surface area contributed by atoms with Crippen molar-refractivity contribution in [3.8, 4) is 0 Å². The number of nitrogens with one attached hydrogen (secondary N) is 2. The van der Waals surface area contributed by atoms with Crippen LogP contribution in [0.15, 0.2) is 36.5 Å². The van der Waals surface area contributed by atoms with Crippen LogP contribution in [0.2, 0.25) is 5.02 Å². The highest BCUT2D eigenvalue weighted by molar-refractivity contribution is 6.30. The van der Waals surface area contributed by atoms with Crippen LogP contribution in [-0.2, 0) is 6.42 Å². The fourth-order valence-corrected chi connectivity index (χ4v) is 2.35. The molecule has 0 aliphatic rings. The zero-order valence-electron chi connectivity index (χ0n) is 14.6. The fraction of sp³-hybridized carbons (Fsp3) is 0.389. The first-order chi connectivity index (χ1) is 12.0. The Labute approximate surface area is 153 Å². The van der Waals surface area contributed by atoms with Gasteiger partial charge >= 0.3 is 0 Å². The van der Waals surface area contributed by atoms with Crippen molar-refractivity contribution >= 4 is 23.5 Å². The molecule has 7 heteroatoms. The van der Waals surface area contributed by atoms with Crippen molar-refractivity contribution in [2.24, 2.45) is 0 Å². The Morgan fingerprint density at radius 1 is 1.16 bits per heavy atom. The van der Waals surface area contributed by atoms with Crippen molar-refractivity contribution in [3.05, 3.63) is 52.8 Å². The largest absolute Gasteiger partial charge is 0.354 e. The zero-order valence-corrected chi connectivity index (χ0v) is 15.4. The summed E-state index contributed by atoms with van der Waals surface area (Å²) in [6.45, 7) is 2.29. The maximum absolute atomic E-state index is 12.2. The van der Waals surface area contributed by atoms with Crippen LogP contribution in [0.3, 0.4) is 0 Å². The molecule has 25 heavy (non-hydrogen) atoms. The maximum Gasteiger partial charge on any atom is 0.270 e. The van der Waals surface area contributed by atoms with Crippen molar-refractivity contribution in [2.75, 3.05) is 39.0 Å². The monoisotopic (exact) mass is 361 g/mol. The predicted molar refractivity (Wildman–Crippen MR) is 101 cm³/mol. The molecule has 1 heterocycles. The van der Waals surface area contributed by atoms with Gasteiger partial charge in [0.25, 0.3) is 5.91 Å². The van der Waals surface area contributed by atoms with Crippen LogP contribution in [-0.4, -0.2) is 54.5 Å². The molecule has 1 aromatic heterocycles. The van der Waals surface area contributed by atoms with Gasteiger partial charge in [0.05, 0.1) is 0 Å². The van der Waals surface area contributed by atoms with Crippen LogP contribution >= 0.6 is 11.6 Å². The third-order valence-electron chi connectivity index (χ3n) is 3.57. The molecule has 0 fully saturated rings. The molecule has 0 radical (unpaired) electrons. The molecular weight excluding hydrogens is 338 g/mol. The van der Waals surface area contributed by atoms with E-state index in [-0.39, 0.29) is 5.91 Å². The average molecular weight is 362 g/mol. The van der Waals surface area contributed by atoms with Gasteiger partial charge in [-0.3, -0.25) is 4.79 Å². The lowest BCUT2D eigenvalue weighted by molar-refractivity contribution is 0.0949. The molecule has 2 rings (SSSR count). The number of anilines is 1. The molecule has 2 N–H and O–H groups in total. The molecule has 0 bridgehead atoms. The molecule has 134 valence electrons. The van der Waals surface area contributed by atoms with Crippen LogP contribution in [0.25, 0.3) is 0 Å². The summed E-state index contributed by atoms with van der Waals surface area (Å²) in [7, 11) is 4.07. The Morgan fingerprint density at radius 2 is 1.92 bits per heavy atom. The summed E-state index contributed by atoms with van der Waals surface area (Å²) in [6.07, 6.45) is 3.31. The van der Waals surface area contributed by atoms with Crippen LogP contribution < -0.4 is 10.6 Å². The minimum absolute atomic E-state index is 0.201. The van der Waals surface area contributed by atoms with E-state index in [2.05, 4.69) is 25.5 Å². The van der Waals surface area contributed by atoms with E-state index in [1.165, 1.54) is 0 Å². The second-order valence-corrected chi connectivity index (χ2v) is 6.42. The van der Waals surface area contributed by atoms with Crippen molar-refractivity contribution in [3.63, 3.8) is 0 Å². The van der Waals surface area contributed by atoms with Crippen molar-refractivity contribution in [1.82, 2.24) is 20.2 Å². The normalized spacial score (nSPS) is 10.7. The second-order valence-electron chi connectivity index (χ2n) is 5.98. The van der Waals surface area contributed by atoms with Crippen molar-refractivity contribution in [1.29, 1.82) is 0 Å². The van der Waals surface area contributed by atoms with E-state index in [1.807, 2.05) is 38.4 Å². The van der Waals surface area contributed by atoms with Crippen LogP contribution in [0.4, 0.5) is 5.95 Å². The number of aromatic nitrogens is 2. The Bertz CT molecular complexity index is 675. The number of hydrogen-bond acceptors (Lipinski definition) is 5. The summed E-state index contributed by atoms with van der Waals surface area (Å²) >= 11 is 5.86. The van der Waals surface area contributed by atoms with Crippen LogP contribution in [0.5, 0.6) is 0 Å². The van der Waals surface area contributed by atoms with Gasteiger partial charge in [-0.25, -0.2) is 9.97 Å². The SMILES string of the molecule is CN(C)CCCNc1nccc(C(=O)NCCc2ccc(Cl)cc2)n1. The molecule has 6 nitrogen and oxygen atoms in total. The lowest BCUT2D eigenvalue weighted by Crippen LogP contribution is -2.27. The molecule has 0 saturated heterocycles. The number of halogens is 1. The number of amides is 1. The van der Waals surface area contributed by atoms with Gasteiger partial charge in [-0.15, -0.1) is 0 Å². The summed E-state index contributed by atoms with van der Waals surface area (Å²) < 4.78 is 0. The van der Waals surface area contributed by atoms with Gasteiger partial charge in [-0.2, -0.15) is 0 Å². The fourth-order valence-electron chi connectivity index (χ4n) is 2.23. The number of carbonyl (C=O) groups is 1. The highest BCUT2D eigenvalue weighted by Gasteiger charge is 2.08. The van der Waals surface area contributed by atoms with Gasteiger partial charge in [0, 0.05) is 24.3 Å². The standard InChI is InChI=1S/C18H24ClN5O/c1-24(2)13-3-10-21-18-22-12-9-16(23-18)17(25)20-11-8-14-4-6-15(19)7-5-14/h4-7,9,12H,3,8,10-11,13H2,1-2H3,(H,20,25)(H,21,22,23). The summed E-state index contributed by atoms with van der Waals surface area (Å²) in [5, 5.41) is 6.72. The van der Waals surface area contributed by atoms with E-state index in [1.54, 1.807) is 12.3 Å². The summed E-state index contributed by atoms with van der Waals surface area (Å²) in [5.41, 5.74) is 1.48. The number of benzene rings is 1. The first kappa shape index (κ1) is 19.1. The molecule has 1 amide bonds. The molecule has 0 aliphatic heterocycles. The quantitative estimate of drug-likeness (QED) is 0.671. The van der Waals surface area contributed by atoms with E-state index in [9.17, 15) is 4.79 Å².